The van der Waals surface area contributed by atoms with Crippen LogP contribution in [0.3, 0.4) is 0 Å². The maximum atomic E-state index is 15.2. The molecule has 43 heavy (non-hydrogen) atoms. The first-order valence-electron chi connectivity index (χ1n) is 14.2. The van der Waals surface area contributed by atoms with Gasteiger partial charge in [-0.3, -0.25) is 9.69 Å². The van der Waals surface area contributed by atoms with Crippen molar-refractivity contribution in [3.05, 3.63) is 71.2 Å². The third-order valence-corrected chi connectivity index (χ3v) is 7.99. The summed E-state index contributed by atoms with van der Waals surface area (Å²) in [4.78, 5) is 23.5. The quantitative estimate of drug-likeness (QED) is 0.342. The average Bonchev–Trinajstić information content (AvgIpc) is 2.99. The third kappa shape index (κ3) is 7.24. The number of aromatic nitrogens is 1. The van der Waals surface area contributed by atoms with Crippen LogP contribution < -0.4 is 15.0 Å². The van der Waals surface area contributed by atoms with Gasteiger partial charge >= 0.3 is 6.18 Å². The summed E-state index contributed by atoms with van der Waals surface area (Å²) in [6.07, 6.45) is -3.86. The van der Waals surface area contributed by atoms with Crippen LogP contribution in [0.5, 0.6) is 5.88 Å². The normalized spacial score (nSPS) is 17.2. The summed E-state index contributed by atoms with van der Waals surface area (Å²) in [6.45, 7) is 4.55. The maximum absolute atomic E-state index is 15.2. The minimum Gasteiger partial charge on any atom is -0.481 e. The summed E-state index contributed by atoms with van der Waals surface area (Å²) < 4.78 is 75.3. The van der Waals surface area contributed by atoms with E-state index in [1.54, 1.807) is 30.3 Å². The molecular formula is C31H34F5N5O2. The van der Waals surface area contributed by atoms with Crippen molar-refractivity contribution in [1.82, 2.24) is 14.8 Å². The topological polar surface area (TPSA) is 60.9 Å². The van der Waals surface area contributed by atoms with Gasteiger partial charge in [-0.05, 0) is 55.3 Å². The van der Waals surface area contributed by atoms with Crippen molar-refractivity contribution in [2.45, 2.75) is 31.7 Å². The lowest BCUT2D eigenvalue weighted by Gasteiger charge is -2.35. The number of likely N-dealkylation sites (N-methyl/N-ethyl adjacent to an activating group) is 1. The van der Waals surface area contributed by atoms with Gasteiger partial charge in [-0.2, -0.15) is 13.2 Å². The Morgan fingerprint density at radius 3 is 2.42 bits per heavy atom. The second kappa shape index (κ2) is 12.8. The highest BCUT2D eigenvalue weighted by atomic mass is 19.4. The lowest BCUT2D eigenvalue weighted by molar-refractivity contribution is -0.138. The van der Waals surface area contributed by atoms with E-state index in [-0.39, 0.29) is 11.6 Å². The molecule has 230 valence electrons. The van der Waals surface area contributed by atoms with Gasteiger partial charge in [0.2, 0.25) is 5.88 Å². The van der Waals surface area contributed by atoms with Gasteiger partial charge in [0.25, 0.3) is 5.91 Å². The van der Waals surface area contributed by atoms with Gasteiger partial charge in [-0.15, -0.1) is 0 Å². The smallest absolute Gasteiger partial charge is 0.417 e. The summed E-state index contributed by atoms with van der Waals surface area (Å²) in [7, 11) is 3.18. The molecule has 2 saturated heterocycles. The Morgan fingerprint density at radius 1 is 1.02 bits per heavy atom. The predicted octanol–water partition coefficient (Wildman–Crippen LogP) is 5.85. The number of likely N-dealkylation sites (tertiary alicyclic amines) is 1. The molecule has 1 N–H and O–H groups in total. The Hall–Kier alpha value is -3.77. The number of ether oxygens (including phenoxy) is 1. The van der Waals surface area contributed by atoms with E-state index >= 15 is 4.39 Å². The molecule has 1 amide bonds. The number of piperazine rings is 1. The zero-order chi connectivity index (χ0) is 30.7. The van der Waals surface area contributed by atoms with E-state index in [1.165, 1.54) is 13.2 Å². The lowest BCUT2D eigenvalue weighted by Crippen LogP contribution is -2.44. The lowest BCUT2D eigenvalue weighted by atomic mass is 9.99. The molecule has 3 heterocycles. The van der Waals surface area contributed by atoms with Crippen LogP contribution >= 0.6 is 0 Å². The van der Waals surface area contributed by atoms with Crippen LogP contribution in [0, 0.1) is 5.82 Å². The van der Waals surface area contributed by atoms with Crippen molar-refractivity contribution in [1.29, 1.82) is 0 Å². The minimum atomic E-state index is -4.83. The van der Waals surface area contributed by atoms with E-state index in [1.807, 2.05) is 11.9 Å². The van der Waals surface area contributed by atoms with E-state index in [9.17, 15) is 22.4 Å². The molecule has 0 aliphatic carbocycles. The van der Waals surface area contributed by atoms with Crippen LogP contribution in [-0.4, -0.2) is 80.3 Å². The molecule has 2 aromatic carbocycles. The number of alkyl halides is 4. The number of pyridine rings is 1. The van der Waals surface area contributed by atoms with Gasteiger partial charge in [-0.1, -0.05) is 12.1 Å². The SMILES string of the molecule is COc1cc(C(F)(F)F)c(C(=O)Nc2cc(-c3cc(CN4CCC(F)CC4)ccc3F)ccc2N2CCN(C)CC2)cn1. The van der Waals surface area contributed by atoms with Gasteiger partial charge in [0, 0.05) is 63.6 Å². The van der Waals surface area contributed by atoms with Crippen LogP contribution in [0.25, 0.3) is 11.1 Å². The first kappa shape index (κ1) is 30.7. The molecule has 0 unspecified atom stereocenters. The average molecular weight is 604 g/mol. The number of carbonyl (C=O) groups excluding carboxylic acids is 1. The Bertz CT molecular complexity index is 1450. The van der Waals surface area contributed by atoms with Gasteiger partial charge in [0.1, 0.15) is 12.0 Å². The van der Waals surface area contributed by atoms with Crippen molar-refractivity contribution >= 4 is 17.3 Å². The Labute approximate surface area is 247 Å². The molecule has 2 aliphatic rings. The molecule has 2 aliphatic heterocycles. The van der Waals surface area contributed by atoms with Gasteiger partial charge < -0.3 is 19.9 Å². The summed E-state index contributed by atoms with van der Waals surface area (Å²) in [6, 6.07) is 10.6. The number of halogens is 5. The summed E-state index contributed by atoms with van der Waals surface area (Å²) in [5, 5.41) is 2.66. The number of rotatable bonds is 7. The molecule has 1 aromatic heterocycles. The number of hydrogen-bond donors (Lipinski definition) is 1. The van der Waals surface area contributed by atoms with E-state index in [0.717, 1.165) is 24.8 Å². The van der Waals surface area contributed by atoms with Crippen molar-refractivity contribution in [3.8, 4) is 17.0 Å². The second-order valence-electron chi connectivity index (χ2n) is 11.0. The van der Waals surface area contributed by atoms with Crippen molar-refractivity contribution in [3.63, 3.8) is 0 Å². The summed E-state index contributed by atoms with van der Waals surface area (Å²) >= 11 is 0. The molecule has 2 fully saturated rings. The van der Waals surface area contributed by atoms with E-state index < -0.39 is 35.2 Å². The highest BCUT2D eigenvalue weighted by Gasteiger charge is 2.36. The van der Waals surface area contributed by atoms with Crippen LogP contribution in [-0.2, 0) is 12.7 Å². The number of piperidine rings is 1. The van der Waals surface area contributed by atoms with Crippen molar-refractivity contribution in [2.24, 2.45) is 0 Å². The van der Waals surface area contributed by atoms with E-state index in [2.05, 4.69) is 20.1 Å². The number of hydrogen-bond acceptors (Lipinski definition) is 6. The molecule has 12 heteroatoms. The standard InChI is InChI=1S/C31H34F5N5O2/c1-39-11-13-41(14-12-39)28-6-4-21(23-15-20(3-5-26(23)33)19-40-9-7-22(32)8-10-40)16-27(28)38-30(42)24-18-37-29(43-2)17-25(24)31(34,35)36/h3-6,15-18,22H,7-14,19H2,1-2H3,(H,38,42). The van der Waals surface area contributed by atoms with Crippen molar-refractivity contribution < 1.29 is 31.5 Å². The molecule has 0 atom stereocenters. The zero-order valence-corrected chi connectivity index (χ0v) is 24.1. The van der Waals surface area contributed by atoms with Crippen molar-refractivity contribution in [2.75, 3.05) is 63.6 Å². The molecule has 0 spiro atoms. The minimum absolute atomic E-state index is 0.255. The van der Waals surface area contributed by atoms with Crippen LogP contribution in [0.1, 0.15) is 34.3 Å². The Kier molecular flexibility index (Phi) is 9.16. The molecule has 3 aromatic rings. The molecule has 0 radical (unpaired) electrons. The fourth-order valence-corrected chi connectivity index (χ4v) is 5.49. The number of carbonyl (C=O) groups is 1. The largest absolute Gasteiger partial charge is 0.481 e. The highest BCUT2D eigenvalue weighted by molar-refractivity contribution is 6.07. The number of anilines is 2. The number of amides is 1. The van der Waals surface area contributed by atoms with E-state index in [4.69, 9.17) is 4.74 Å². The number of methoxy groups -OCH3 is 1. The predicted molar refractivity (Wildman–Crippen MR) is 155 cm³/mol. The van der Waals surface area contributed by atoms with E-state index in [0.29, 0.717) is 68.4 Å². The molecule has 0 saturated carbocycles. The summed E-state index contributed by atoms with van der Waals surface area (Å²) in [5.74, 6) is -1.75. The number of nitrogens with zero attached hydrogens (tertiary/aromatic N) is 4. The number of benzene rings is 2. The fraction of sp³-hybridized carbons (Fsp3) is 0.419. The molecule has 7 nitrogen and oxygen atoms in total. The van der Waals surface area contributed by atoms with Gasteiger partial charge in [0.05, 0.1) is 29.6 Å². The molecule has 0 bridgehead atoms. The Balaban J connectivity index is 1.49. The molecular weight excluding hydrogens is 569 g/mol. The van der Waals surface area contributed by atoms with Crippen LogP contribution in [0.4, 0.5) is 33.3 Å². The molecule has 5 rings (SSSR count). The first-order chi connectivity index (χ1) is 20.5. The number of nitrogens with one attached hydrogen (secondary N) is 1. The highest BCUT2D eigenvalue weighted by Crippen LogP contribution is 2.37. The monoisotopic (exact) mass is 603 g/mol. The second-order valence-corrected chi connectivity index (χ2v) is 11.0. The zero-order valence-electron chi connectivity index (χ0n) is 24.1. The van der Waals surface area contributed by atoms with Gasteiger partial charge in [0.15, 0.2) is 0 Å². The van der Waals surface area contributed by atoms with Crippen LogP contribution in [0.15, 0.2) is 48.7 Å². The summed E-state index contributed by atoms with van der Waals surface area (Å²) in [5.41, 5.74) is 0.635. The maximum Gasteiger partial charge on any atom is 0.417 e. The Morgan fingerprint density at radius 2 is 1.74 bits per heavy atom. The van der Waals surface area contributed by atoms with Gasteiger partial charge in [-0.25, -0.2) is 13.8 Å². The fourth-order valence-electron chi connectivity index (χ4n) is 5.49. The third-order valence-electron chi connectivity index (χ3n) is 7.99. The van der Waals surface area contributed by atoms with Crippen LogP contribution in [0.2, 0.25) is 0 Å². The first-order valence-corrected chi connectivity index (χ1v) is 14.2.